The van der Waals surface area contributed by atoms with Gasteiger partial charge in [-0.15, -0.1) is 0 Å². The van der Waals surface area contributed by atoms with Crippen molar-refractivity contribution >= 4 is 11.9 Å². The van der Waals surface area contributed by atoms with E-state index < -0.39 is 17.8 Å². The van der Waals surface area contributed by atoms with Crippen molar-refractivity contribution in [1.29, 1.82) is 0 Å². The Hall–Kier alpha value is -2.17. The Morgan fingerprint density at radius 1 is 1.37 bits per heavy atom. The third-order valence-electron chi connectivity index (χ3n) is 2.25. The highest BCUT2D eigenvalue weighted by molar-refractivity contribution is 5.88. The van der Waals surface area contributed by atoms with Crippen LogP contribution in [0.15, 0.2) is 30.4 Å². The van der Waals surface area contributed by atoms with Gasteiger partial charge < -0.3 is 9.47 Å². The van der Waals surface area contributed by atoms with Crippen LogP contribution in [-0.2, 0) is 20.7 Å². The van der Waals surface area contributed by atoms with Crippen LogP contribution in [-0.4, -0.2) is 18.5 Å². The quantitative estimate of drug-likeness (QED) is 0.466. The van der Waals surface area contributed by atoms with Crippen LogP contribution >= 0.6 is 0 Å². The fourth-order valence-corrected chi connectivity index (χ4v) is 1.46. The first-order valence-corrected chi connectivity index (χ1v) is 5.75. The predicted molar refractivity (Wildman–Crippen MR) is 67.2 cm³/mol. The Balaban J connectivity index is 2.91. The molecule has 1 rings (SSSR count). The number of hydrogen-bond acceptors (Lipinski definition) is 4. The SMILES string of the molecule is C=C(Cc1ccc(F)cc1OC(C)=O)C(=O)OCC. The van der Waals surface area contributed by atoms with Gasteiger partial charge in [-0.2, -0.15) is 0 Å². The van der Waals surface area contributed by atoms with E-state index in [2.05, 4.69) is 6.58 Å². The van der Waals surface area contributed by atoms with E-state index in [9.17, 15) is 14.0 Å². The molecule has 102 valence electrons. The molecule has 5 heteroatoms. The number of carbonyl (C=O) groups excluding carboxylic acids is 2. The summed E-state index contributed by atoms with van der Waals surface area (Å²) in [5, 5.41) is 0. The van der Waals surface area contributed by atoms with Gasteiger partial charge in [-0.25, -0.2) is 9.18 Å². The Kier molecular flexibility index (Phi) is 5.23. The molecule has 0 fully saturated rings. The minimum Gasteiger partial charge on any atom is -0.463 e. The van der Waals surface area contributed by atoms with Crippen LogP contribution in [0.5, 0.6) is 5.75 Å². The maximum Gasteiger partial charge on any atom is 0.333 e. The van der Waals surface area contributed by atoms with Crippen molar-refractivity contribution in [1.82, 2.24) is 0 Å². The Morgan fingerprint density at radius 2 is 2.05 bits per heavy atom. The van der Waals surface area contributed by atoms with E-state index in [-0.39, 0.29) is 24.4 Å². The monoisotopic (exact) mass is 266 g/mol. The summed E-state index contributed by atoms with van der Waals surface area (Å²) in [7, 11) is 0. The molecule has 0 unspecified atom stereocenters. The second-order valence-electron chi connectivity index (χ2n) is 3.85. The van der Waals surface area contributed by atoms with Crippen LogP contribution in [0.2, 0.25) is 0 Å². The standard InChI is InChI=1S/C14H15FO4/c1-4-18-14(17)9(2)7-11-5-6-12(15)8-13(11)19-10(3)16/h5-6,8H,2,4,7H2,1,3H3. The van der Waals surface area contributed by atoms with E-state index in [1.54, 1.807) is 6.92 Å². The largest absolute Gasteiger partial charge is 0.463 e. The number of benzene rings is 1. The van der Waals surface area contributed by atoms with Gasteiger partial charge in [0.15, 0.2) is 0 Å². The number of halogens is 1. The molecule has 1 aromatic rings. The van der Waals surface area contributed by atoms with Gasteiger partial charge >= 0.3 is 11.9 Å². The molecular weight excluding hydrogens is 251 g/mol. The average molecular weight is 266 g/mol. The maximum absolute atomic E-state index is 13.1. The Labute approximate surface area is 110 Å². The van der Waals surface area contributed by atoms with Crippen molar-refractivity contribution in [3.63, 3.8) is 0 Å². The van der Waals surface area contributed by atoms with E-state index in [4.69, 9.17) is 9.47 Å². The van der Waals surface area contributed by atoms with Crippen molar-refractivity contribution < 1.29 is 23.5 Å². The van der Waals surface area contributed by atoms with Gasteiger partial charge in [0.05, 0.1) is 6.61 Å². The van der Waals surface area contributed by atoms with Crippen molar-refractivity contribution in [2.45, 2.75) is 20.3 Å². The molecule has 0 heterocycles. The highest BCUT2D eigenvalue weighted by Crippen LogP contribution is 2.23. The zero-order chi connectivity index (χ0) is 14.4. The molecule has 0 saturated carbocycles. The lowest BCUT2D eigenvalue weighted by Gasteiger charge is -2.10. The van der Waals surface area contributed by atoms with Crippen molar-refractivity contribution in [3.8, 4) is 5.75 Å². The van der Waals surface area contributed by atoms with Gasteiger partial charge in [-0.3, -0.25) is 4.79 Å². The van der Waals surface area contributed by atoms with Gasteiger partial charge in [0.2, 0.25) is 0 Å². The number of ether oxygens (including phenoxy) is 2. The smallest absolute Gasteiger partial charge is 0.333 e. The molecule has 0 radical (unpaired) electrons. The van der Waals surface area contributed by atoms with Gasteiger partial charge in [0.25, 0.3) is 0 Å². The molecule has 0 aromatic heterocycles. The lowest BCUT2D eigenvalue weighted by atomic mass is 10.1. The van der Waals surface area contributed by atoms with E-state index in [0.29, 0.717) is 5.56 Å². The first-order valence-electron chi connectivity index (χ1n) is 5.75. The predicted octanol–water partition coefficient (Wildman–Crippen LogP) is 2.41. The lowest BCUT2D eigenvalue weighted by Crippen LogP contribution is -2.10. The third-order valence-corrected chi connectivity index (χ3v) is 2.25. The van der Waals surface area contributed by atoms with Crippen LogP contribution in [0.3, 0.4) is 0 Å². The fraction of sp³-hybridized carbons (Fsp3) is 0.286. The summed E-state index contributed by atoms with van der Waals surface area (Å²) in [6.07, 6.45) is 0.127. The Morgan fingerprint density at radius 3 is 2.63 bits per heavy atom. The summed E-state index contributed by atoms with van der Waals surface area (Å²) in [4.78, 5) is 22.4. The third kappa shape index (κ3) is 4.54. The van der Waals surface area contributed by atoms with Crippen molar-refractivity contribution in [3.05, 3.63) is 41.7 Å². The van der Waals surface area contributed by atoms with E-state index in [1.807, 2.05) is 0 Å². The molecule has 1 aromatic carbocycles. The van der Waals surface area contributed by atoms with Crippen LogP contribution in [0.25, 0.3) is 0 Å². The Bertz CT molecular complexity index is 508. The topological polar surface area (TPSA) is 52.6 Å². The normalized spacial score (nSPS) is 9.84. The zero-order valence-electron chi connectivity index (χ0n) is 10.9. The minimum absolute atomic E-state index is 0.0814. The zero-order valence-corrected chi connectivity index (χ0v) is 10.9. The van der Waals surface area contributed by atoms with Crippen LogP contribution in [0.1, 0.15) is 19.4 Å². The minimum atomic E-state index is -0.561. The van der Waals surface area contributed by atoms with Crippen LogP contribution in [0.4, 0.5) is 4.39 Å². The lowest BCUT2D eigenvalue weighted by molar-refractivity contribution is -0.138. The average Bonchev–Trinajstić information content (AvgIpc) is 2.32. The molecule has 0 N–H and O–H groups in total. The van der Waals surface area contributed by atoms with Gasteiger partial charge in [0, 0.05) is 25.0 Å². The molecule has 0 atom stereocenters. The number of hydrogen-bond donors (Lipinski definition) is 0. The highest BCUT2D eigenvalue weighted by Gasteiger charge is 2.14. The highest BCUT2D eigenvalue weighted by atomic mass is 19.1. The number of carbonyl (C=O) groups is 2. The molecule has 0 aliphatic rings. The van der Waals surface area contributed by atoms with Gasteiger partial charge in [0.1, 0.15) is 11.6 Å². The number of rotatable bonds is 5. The van der Waals surface area contributed by atoms with Crippen molar-refractivity contribution in [2.24, 2.45) is 0 Å². The van der Waals surface area contributed by atoms with Gasteiger partial charge in [-0.05, 0) is 18.6 Å². The number of esters is 2. The second kappa shape index (κ2) is 6.68. The second-order valence-corrected chi connectivity index (χ2v) is 3.85. The molecular formula is C14H15FO4. The van der Waals surface area contributed by atoms with Crippen LogP contribution < -0.4 is 4.74 Å². The van der Waals surface area contributed by atoms with E-state index in [1.165, 1.54) is 19.1 Å². The van der Waals surface area contributed by atoms with Crippen LogP contribution in [0, 0.1) is 5.82 Å². The molecule has 0 aliphatic heterocycles. The molecule has 19 heavy (non-hydrogen) atoms. The molecule has 0 saturated heterocycles. The van der Waals surface area contributed by atoms with Crippen molar-refractivity contribution in [2.75, 3.05) is 6.61 Å². The molecule has 4 nitrogen and oxygen atoms in total. The summed E-state index contributed by atoms with van der Waals surface area (Å²) < 4.78 is 22.8. The summed E-state index contributed by atoms with van der Waals surface area (Å²) in [6, 6.07) is 3.76. The summed E-state index contributed by atoms with van der Waals surface area (Å²) in [6.45, 7) is 6.76. The fourth-order valence-electron chi connectivity index (χ4n) is 1.46. The molecule has 0 bridgehead atoms. The first-order chi connectivity index (χ1) is 8.93. The molecule has 0 amide bonds. The first kappa shape index (κ1) is 14.9. The molecule has 0 spiro atoms. The molecule has 0 aliphatic carbocycles. The van der Waals surface area contributed by atoms with E-state index >= 15 is 0 Å². The summed E-state index contributed by atoms with van der Waals surface area (Å²) in [5.41, 5.74) is 0.705. The maximum atomic E-state index is 13.1. The van der Waals surface area contributed by atoms with Gasteiger partial charge in [-0.1, -0.05) is 12.6 Å². The summed E-state index contributed by atoms with van der Waals surface area (Å²) >= 11 is 0. The summed E-state index contributed by atoms with van der Waals surface area (Å²) in [5.74, 6) is -1.53. The van der Waals surface area contributed by atoms with E-state index in [0.717, 1.165) is 6.07 Å².